The average Bonchev–Trinajstić information content (AvgIpc) is 3.24. The molecule has 0 spiro atoms. The summed E-state index contributed by atoms with van der Waals surface area (Å²) in [6.45, 7) is 3.53. The minimum Gasteiger partial charge on any atom is -0.396 e. The van der Waals surface area contributed by atoms with Gasteiger partial charge in [0.2, 0.25) is 0 Å². The summed E-state index contributed by atoms with van der Waals surface area (Å²) in [6.07, 6.45) is 7.38. The fourth-order valence-corrected chi connectivity index (χ4v) is 2.58. The van der Waals surface area contributed by atoms with Gasteiger partial charge >= 0.3 is 0 Å². The van der Waals surface area contributed by atoms with E-state index in [0.717, 1.165) is 6.54 Å². The zero-order valence-corrected chi connectivity index (χ0v) is 12.1. The van der Waals surface area contributed by atoms with Gasteiger partial charge in [0.05, 0.1) is 0 Å². The standard InChI is InChI=1S/C17H27NO/c1-2-3-5-10-16(15-8-6-4-7-9-15)18-13-17(14-19)11-12-17/h4,6-9,16,18-19H,2-3,5,10-14H2,1H3. The Kier molecular flexibility index (Phi) is 5.41. The van der Waals surface area contributed by atoms with Crippen LogP contribution in [0.1, 0.15) is 57.1 Å². The minimum absolute atomic E-state index is 0.192. The first kappa shape index (κ1) is 14.5. The SMILES string of the molecule is CCCCCC(NCC1(CO)CC1)c1ccccc1. The lowest BCUT2D eigenvalue weighted by Gasteiger charge is -2.22. The third-order valence-electron chi connectivity index (χ3n) is 4.31. The molecule has 0 bridgehead atoms. The molecule has 0 aliphatic heterocycles. The number of aliphatic hydroxyl groups excluding tert-OH is 1. The molecule has 0 aromatic heterocycles. The number of benzene rings is 1. The summed E-state index contributed by atoms with van der Waals surface area (Å²) < 4.78 is 0. The fraction of sp³-hybridized carbons (Fsp3) is 0.647. The second-order valence-electron chi connectivity index (χ2n) is 6.00. The van der Waals surface area contributed by atoms with E-state index in [1.54, 1.807) is 0 Å². The highest BCUT2D eigenvalue weighted by Gasteiger charge is 2.41. The summed E-state index contributed by atoms with van der Waals surface area (Å²) in [6, 6.07) is 11.2. The van der Waals surface area contributed by atoms with Crippen molar-refractivity contribution < 1.29 is 5.11 Å². The highest BCUT2D eigenvalue weighted by Crippen LogP contribution is 2.44. The Morgan fingerprint density at radius 3 is 2.53 bits per heavy atom. The van der Waals surface area contributed by atoms with Gasteiger partial charge in [0, 0.05) is 24.6 Å². The molecule has 1 aromatic rings. The summed E-state index contributed by atoms with van der Waals surface area (Å²) in [5.41, 5.74) is 1.57. The largest absolute Gasteiger partial charge is 0.396 e. The molecule has 2 nitrogen and oxygen atoms in total. The Morgan fingerprint density at radius 1 is 1.21 bits per heavy atom. The van der Waals surface area contributed by atoms with Crippen molar-refractivity contribution in [1.82, 2.24) is 5.32 Å². The maximum atomic E-state index is 9.41. The van der Waals surface area contributed by atoms with Crippen molar-refractivity contribution in [2.75, 3.05) is 13.2 Å². The van der Waals surface area contributed by atoms with Crippen molar-refractivity contribution in [3.8, 4) is 0 Å². The maximum Gasteiger partial charge on any atom is 0.0499 e. The molecule has 0 heterocycles. The maximum absolute atomic E-state index is 9.41. The third kappa shape index (κ3) is 4.32. The van der Waals surface area contributed by atoms with Crippen LogP contribution < -0.4 is 5.32 Å². The number of rotatable bonds is 9. The van der Waals surface area contributed by atoms with Crippen LogP contribution in [0.5, 0.6) is 0 Å². The van der Waals surface area contributed by atoms with Crippen LogP contribution >= 0.6 is 0 Å². The van der Waals surface area contributed by atoms with Gasteiger partial charge < -0.3 is 10.4 Å². The molecule has 1 aliphatic carbocycles. The van der Waals surface area contributed by atoms with Gasteiger partial charge in [-0.1, -0.05) is 56.5 Å². The van der Waals surface area contributed by atoms with Gasteiger partial charge in [-0.25, -0.2) is 0 Å². The van der Waals surface area contributed by atoms with E-state index < -0.39 is 0 Å². The summed E-state index contributed by atoms with van der Waals surface area (Å²) in [4.78, 5) is 0. The fourth-order valence-electron chi connectivity index (χ4n) is 2.58. The summed E-state index contributed by atoms with van der Waals surface area (Å²) in [7, 11) is 0. The molecule has 0 amide bonds. The van der Waals surface area contributed by atoms with Crippen molar-refractivity contribution in [2.45, 2.75) is 51.5 Å². The van der Waals surface area contributed by atoms with Gasteiger partial charge in [-0.15, -0.1) is 0 Å². The highest BCUT2D eigenvalue weighted by atomic mass is 16.3. The lowest BCUT2D eigenvalue weighted by atomic mass is 9.99. The van der Waals surface area contributed by atoms with Crippen molar-refractivity contribution in [1.29, 1.82) is 0 Å². The zero-order chi connectivity index (χ0) is 13.6. The summed E-state index contributed by atoms with van der Waals surface area (Å²) in [5, 5.41) is 13.1. The van der Waals surface area contributed by atoms with Gasteiger partial charge in [0.1, 0.15) is 0 Å². The second-order valence-corrected chi connectivity index (χ2v) is 6.00. The monoisotopic (exact) mass is 261 g/mol. The van der Waals surface area contributed by atoms with E-state index in [1.165, 1.54) is 44.1 Å². The predicted molar refractivity (Wildman–Crippen MR) is 80.1 cm³/mol. The lowest BCUT2D eigenvalue weighted by molar-refractivity contribution is 0.203. The number of aliphatic hydroxyl groups is 1. The van der Waals surface area contributed by atoms with Crippen LogP contribution in [-0.4, -0.2) is 18.3 Å². The van der Waals surface area contributed by atoms with E-state index in [9.17, 15) is 5.11 Å². The predicted octanol–water partition coefficient (Wildman–Crippen LogP) is 3.67. The van der Waals surface area contributed by atoms with Crippen LogP contribution in [0.2, 0.25) is 0 Å². The topological polar surface area (TPSA) is 32.3 Å². The molecular formula is C17H27NO. The quantitative estimate of drug-likeness (QED) is 0.665. The first-order valence-corrected chi connectivity index (χ1v) is 7.69. The smallest absolute Gasteiger partial charge is 0.0499 e. The van der Waals surface area contributed by atoms with E-state index in [2.05, 4.69) is 42.6 Å². The molecule has 0 saturated heterocycles. The van der Waals surface area contributed by atoms with Crippen LogP contribution in [0.25, 0.3) is 0 Å². The van der Waals surface area contributed by atoms with E-state index in [-0.39, 0.29) is 5.41 Å². The molecule has 2 heteroatoms. The van der Waals surface area contributed by atoms with Crippen LogP contribution in [0.3, 0.4) is 0 Å². The Balaban J connectivity index is 1.90. The van der Waals surface area contributed by atoms with E-state index in [0.29, 0.717) is 12.6 Å². The molecule has 106 valence electrons. The van der Waals surface area contributed by atoms with Gasteiger partial charge in [0.15, 0.2) is 0 Å². The van der Waals surface area contributed by atoms with Crippen molar-refractivity contribution in [3.63, 3.8) is 0 Å². The van der Waals surface area contributed by atoms with Crippen molar-refractivity contribution in [2.24, 2.45) is 5.41 Å². The molecular weight excluding hydrogens is 234 g/mol. The van der Waals surface area contributed by atoms with Gasteiger partial charge in [-0.05, 0) is 24.8 Å². The lowest BCUT2D eigenvalue weighted by Crippen LogP contribution is -2.30. The Bertz CT molecular complexity index is 359. The molecule has 2 N–H and O–H groups in total. The molecule has 1 atom stereocenters. The summed E-state index contributed by atoms with van der Waals surface area (Å²) in [5.74, 6) is 0. The molecule has 1 fully saturated rings. The number of unbranched alkanes of at least 4 members (excludes halogenated alkanes) is 2. The Hall–Kier alpha value is -0.860. The molecule has 2 rings (SSSR count). The van der Waals surface area contributed by atoms with Gasteiger partial charge in [-0.2, -0.15) is 0 Å². The molecule has 0 radical (unpaired) electrons. The molecule has 1 unspecified atom stereocenters. The molecule has 1 aliphatic rings. The third-order valence-corrected chi connectivity index (χ3v) is 4.31. The number of hydrogen-bond donors (Lipinski definition) is 2. The molecule has 19 heavy (non-hydrogen) atoms. The van der Waals surface area contributed by atoms with Crippen LogP contribution in [0.15, 0.2) is 30.3 Å². The first-order valence-electron chi connectivity index (χ1n) is 7.69. The Morgan fingerprint density at radius 2 is 1.95 bits per heavy atom. The number of nitrogens with one attached hydrogen (secondary N) is 1. The van der Waals surface area contributed by atoms with E-state index >= 15 is 0 Å². The molecule has 1 saturated carbocycles. The second kappa shape index (κ2) is 7.06. The average molecular weight is 261 g/mol. The Labute approximate surface area is 117 Å². The van der Waals surface area contributed by atoms with Gasteiger partial charge in [-0.3, -0.25) is 0 Å². The van der Waals surface area contributed by atoms with Gasteiger partial charge in [0.25, 0.3) is 0 Å². The van der Waals surface area contributed by atoms with Crippen LogP contribution in [-0.2, 0) is 0 Å². The number of hydrogen-bond acceptors (Lipinski definition) is 2. The van der Waals surface area contributed by atoms with Crippen molar-refractivity contribution in [3.05, 3.63) is 35.9 Å². The molecule has 1 aromatic carbocycles. The van der Waals surface area contributed by atoms with Crippen molar-refractivity contribution >= 4 is 0 Å². The van der Waals surface area contributed by atoms with Crippen LogP contribution in [0.4, 0.5) is 0 Å². The minimum atomic E-state index is 0.192. The first-order chi connectivity index (χ1) is 9.29. The van der Waals surface area contributed by atoms with E-state index in [4.69, 9.17) is 0 Å². The van der Waals surface area contributed by atoms with Crippen LogP contribution in [0, 0.1) is 5.41 Å². The highest BCUT2D eigenvalue weighted by molar-refractivity contribution is 5.19. The zero-order valence-electron chi connectivity index (χ0n) is 12.1. The summed E-state index contributed by atoms with van der Waals surface area (Å²) >= 11 is 0. The normalized spacial score (nSPS) is 18.2. The van der Waals surface area contributed by atoms with E-state index in [1.807, 2.05) is 0 Å².